The molecule has 0 saturated heterocycles. The minimum atomic E-state index is -0.133. The molecule has 0 aliphatic carbocycles. The number of rotatable bonds is 9. The highest BCUT2D eigenvalue weighted by atomic mass is 15.0. The third-order valence-corrected chi connectivity index (χ3v) is 12.6. The predicted molar refractivity (Wildman–Crippen MR) is 275 cm³/mol. The van der Waals surface area contributed by atoms with E-state index in [1.807, 2.05) is 60.7 Å². The summed E-state index contributed by atoms with van der Waals surface area (Å²) < 4.78 is 2.38. The zero-order valence-corrected chi connectivity index (χ0v) is 36.5. The lowest BCUT2D eigenvalue weighted by Crippen LogP contribution is -2.17. The average Bonchev–Trinajstić information content (AvgIpc) is 3.76. The van der Waals surface area contributed by atoms with Crippen LogP contribution < -0.4 is 0 Å². The van der Waals surface area contributed by atoms with E-state index in [2.05, 4.69) is 180 Å². The summed E-state index contributed by atoms with van der Waals surface area (Å²) >= 11 is 0. The molecule has 0 saturated carbocycles. The number of nitrogens with zero attached hydrogens (tertiary/aromatic N) is 6. The van der Waals surface area contributed by atoms with E-state index in [-0.39, 0.29) is 6.04 Å². The zero-order chi connectivity index (χ0) is 44.5. The maximum Gasteiger partial charge on any atom is 0.164 e. The number of para-hydroxylation sites is 1. The summed E-state index contributed by atoms with van der Waals surface area (Å²) in [5, 5.41) is 2.40. The average molecular weight is 859 g/mol. The van der Waals surface area contributed by atoms with Crippen LogP contribution in [0.2, 0.25) is 0 Å². The fraction of sp³-hybridized carbons (Fsp3) is 0.0328. The molecule has 3 heterocycles. The molecule has 6 heteroatoms. The summed E-state index contributed by atoms with van der Waals surface area (Å²) in [5.41, 5.74) is 14.9. The van der Waals surface area contributed by atoms with E-state index in [0.717, 1.165) is 66.9 Å². The van der Waals surface area contributed by atoms with Crippen LogP contribution in [0.3, 0.4) is 0 Å². The van der Waals surface area contributed by atoms with Crippen LogP contribution in [0, 0.1) is 0 Å². The van der Waals surface area contributed by atoms with Crippen LogP contribution in [0.5, 0.6) is 0 Å². The largest absolute Gasteiger partial charge is 0.309 e. The first-order chi connectivity index (χ1) is 33.2. The van der Waals surface area contributed by atoms with Crippen LogP contribution in [0.4, 0.5) is 0 Å². The maximum atomic E-state index is 5.41. The highest BCUT2D eigenvalue weighted by Gasteiger charge is 2.24. The van der Waals surface area contributed by atoms with Gasteiger partial charge in [-0.05, 0) is 75.8 Å². The number of hydrogen-bond donors (Lipinski definition) is 0. The van der Waals surface area contributed by atoms with Gasteiger partial charge in [0, 0.05) is 45.1 Å². The molecule has 316 valence electrons. The van der Waals surface area contributed by atoms with Gasteiger partial charge in [-0.3, -0.25) is 4.99 Å². The first kappa shape index (κ1) is 39.7. The van der Waals surface area contributed by atoms with E-state index in [9.17, 15) is 0 Å². The second kappa shape index (κ2) is 17.3. The summed E-state index contributed by atoms with van der Waals surface area (Å²) in [4.78, 5) is 25.8. The van der Waals surface area contributed by atoms with E-state index in [0.29, 0.717) is 29.7 Å². The van der Waals surface area contributed by atoms with Gasteiger partial charge in [-0.25, -0.2) is 19.9 Å². The molecular formula is C61H42N6. The molecule has 12 rings (SSSR count). The molecule has 9 aromatic carbocycles. The molecule has 1 aliphatic heterocycles. The van der Waals surface area contributed by atoms with Crippen molar-refractivity contribution in [1.82, 2.24) is 19.5 Å². The third kappa shape index (κ3) is 7.70. The molecule has 0 radical (unpaired) electrons. The molecule has 0 fully saturated rings. The van der Waals surface area contributed by atoms with Crippen LogP contribution in [-0.4, -0.2) is 31.1 Å². The molecule has 1 aliphatic rings. The summed E-state index contributed by atoms with van der Waals surface area (Å²) in [6.07, 6.45) is 0.639. The van der Waals surface area contributed by atoms with Gasteiger partial charge < -0.3 is 4.57 Å². The highest BCUT2D eigenvalue weighted by Crippen LogP contribution is 2.41. The minimum absolute atomic E-state index is 0.133. The topological polar surface area (TPSA) is 68.3 Å². The van der Waals surface area contributed by atoms with Gasteiger partial charge in [-0.1, -0.05) is 194 Å². The van der Waals surface area contributed by atoms with Crippen molar-refractivity contribution in [3.63, 3.8) is 0 Å². The Morgan fingerprint density at radius 2 is 0.896 bits per heavy atom. The van der Waals surface area contributed by atoms with Crippen LogP contribution in [-0.2, 0) is 0 Å². The van der Waals surface area contributed by atoms with Gasteiger partial charge in [0.05, 0.1) is 22.8 Å². The molecule has 67 heavy (non-hydrogen) atoms. The SMILES string of the molecule is c1ccc(-c2ccc3c(c2)c2c(-c4cccc(C5=NC(c6ccccc6)CC(c6cccc(-c7nc(-c8ccccc8)nc(-c8ccccc8)n7)c6)=N5)c4)cccc2n3-c2ccccc2)cc1. The monoisotopic (exact) mass is 858 g/mol. The quantitative estimate of drug-likeness (QED) is 0.145. The van der Waals surface area contributed by atoms with E-state index in [1.165, 1.54) is 21.9 Å². The molecule has 6 nitrogen and oxygen atoms in total. The van der Waals surface area contributed by atoms with Gasteiger partial charge in [-0.2, -0.15) is 0 Å². The van der Waals surface area contributed by atoms with Crippen molar-refractivity contribution >= 4 is 33.4 Å². The van der Waals surface area contributed by atoms with Crippen molar-refractivity contribution in [1.29, 1.82) is 0 Å². The normalized spacial score (nSPS) is 13.6. The van der Waals surface area contributed by atoms with Gasteiger partial charge in [0.15, 0.2) is 23.3 Å². The van der Waals surface area contributed by atoms with Crippen molar-refractivity contribution in [2.75, 3.05) is 0 Å². The second-order valence-electron chi connectivity index (χ2n) is 16.8. The standard InChI is InChI=1S/C61H42N6/c1-6-19-41(20-7-1)45-35-36-55-52(39-45)57-51(33-18-34-56(57)67(55)50-31-14-5-15-32-50)46-27-16-29-48(37-46)60-62-53(42-21-8-2-9-22-42)40-54(63-60)47-28-17-30-49(38-47)61-65-58(43-23-10-3-11-24-43)64-59(66-61)44-25-12-4-13-26-44/h1-39,53H,40H2. The van der Waals surface area contributed by atoms with Crippen LogP contribution in [0.25, 0.3) is 83.9 Å². The van der Waals surface area contributed by atoms with Gasteiger partial charge >= 0.3 is 0 Å². The first-order valence-electron chi connectivity index (χ1n) is 22.7. The second-order valence-corrected chi connectivity index (χ2v) is 16.8. The van der Waals surface area contributed by atoms with Gasteiger partial charge in [0.1, 0.15) is 0 Å². The van der Waals surface area contributed by atoms with Crippen molar-refractivity contribution in [3.8, 4) is 62.1 Å². The van der Waals surface area contributed by atoms with Crippen molar-refractivity contribution in [2.45, 2.75) is 12.5 Å². The minimum Gasteiger partial charge on any atom is -0.309 e. The van der Waals surface area contributed by atoms with Crippen LogP contribution >= 0.6 is 0 Å². The fourth-order valence-electron chi connectivity index (χ4n) is 9.35. The smallest absolute Gasteiger partial charge is 0.164 e. The molecule has 1 atom stereocenters. The molecule has 0 amide bonds. The Labute approximate surface area is 389 Å². The lowest BCUT2D eigenvalue weighted by atomic mass is 9.94. The first-order valence-corrected chi connectivity index (χ1v) is 22.7. The highest BCUT2D eigenvalue weighted by molar-refractivity contribution is 6.18. The Hall–Kier alpha value is -8.87. The van der Waals surface area contributed by atoms with E-state index in [4.69, 9.17) is 24.9 Å². The Kier molecular flexibility index (Phi) is 10.2. The molecule has 0 bridgehead atoms. The predicted octanol–water partition coefficient (Wildman–Crippen LogP) is 14.7. The number of aromatic nitrogens is 4. The lowest BCUT2D eigenvalue weighted by molar-refractivity contribution is 0.753. The molecule has 11 aromatic rings. The van der Waals surface area contributed by atoms with Crippen LogP contribution in [0.1, 0.15) is 29.2 Å². The summed E-state index contributed by atoms with van der Waals surface area (Å²) in [6.45, 7) is 0. The Morgan fingerprint density at radius 3 is 1.57 bits per heavy atom. The lowest BCUT2D eigenvalue weighted by Gasteiger charge is -2.22. The summed E-state index contributed by atoms with van der Waals surface area (Å²) in [7, 11) is 0. The van der Waals surface area contributed by atoms with Gasteiger partial charge in [-0.15, -0.1) is 0 Å². The fourth-order valence-corrected chi connectivity index (χ4v) is 9.35. The molecule has 0 spiro atoms. The third-order valence-electron chi connectivity index (χ3n) is 12.6. The van der Waals surface area contributed by atoms with E-state index >= 15 is 0 Å². The zero-order valence-electron chi connectivity index (χ0n) is 36.5. The maximum absolute atomic E-state index is 5.41. The summed E-state index contributed by atoms with van der Waals surface area (Å²) in [5.74, 6) is 2.55. The number of benzene rings is 9. The van der Waals surface area contributed by atoms with Gasteiger partial charge in [0.25, 0.3) is 0 Å². The summed E-state index contributed by atoms with van der Waals surface area (Å²) in [6, 6.07) is 82.5. The molecule has 1 unspecified atom stereocenters. The van der Waals surface area contributed by atoms with Gasteiger partial charge in [0.2, 0.25) is 0 Å². The number of amidine groups is 1. The Bertz CT molecular complexity index is 3580. The van der Waals surface area contributed by atoms with Crippen molar-refractivity contribution in [3.05, 3.63) is 253 Å². The van der Waals surface area contributed by atoms with Crippen LogP contribution in [0.15, 0.2) is 247 Å². The number of hydrogen-bond acceptors (Lipinski definition) is 5. The van der Waals surface area contributed by atoms with E-state index in [1.54, 1.807) is 0 Å². The Balaban J connectivity index is 0.981. The number of fused-ring (bicyclic) bond motifs is 3. The van der Waals surface area contributed by atoms with E-state index < -0.39 is 0 Å². The van der Waals surface area contributed by atoms with Crippen molar-refractivity contribution in [2.24, 2.45) is 9.98 Å². The van der Waals surface area contributed by atoms with Crippen molar-refractivity contribution < 1.29 is 0 Å². The number of aliphatic imine (C=N–C) groups is 2. The molecule has 2 aromatic heterocycles. The molecular weight excluding hydrogens is 817 g/mol. The molecule has 0 N–H and O–H groups in total. The Morgan fingerprint density at radius 1 is 0.373 bits per heavy atom.